The molecule has 1 saturated heterocycles. The number of rotatable bonds is 8. The molecule has 0 atom stereocenters. The molecule has 2 aromatic carbocycles. The third-order valence-electron chi connectivity index (χ3n) is 6.23. The average Bonchev–Trinajstić information content (AvgIpc) is 2.89. The van der Waals surface area contributed by atoms with E-state index in [4.69, 9.17) is 0 Å². The Balaban J connectivity index is 1.37. The van der Waals surface area contributed by atoms with E-state index in [0.717, 1.165) is 54.8 Å². The number of benzene rings is 2. The van der Waals surface area contributed by atoms with Crippen LogP contribution in [0.2, 0.25) is 0 Å². The first-order chi connectivity index (χ1) is 16.8. The van der Waals surface area contributed by atoms with Crippen LogP contribution >= 0.6 is 0 Å². The minimum Gasteiger partial charge on any atom is -0.367 e. The molecule has 1 aliphatic heterocycles. The van der Waals surface area contributed by atoms with E-state index in [1.807, 2.05) is 36.7 Å². The van der Waals surface area contributed by atoms with E-state index in [9.17, 15) is 13.2 Å². The van der Waals surface area contributed by atoms with Gasteiger partial charge in [0.15, 0.2) is 0 Å². The molecular weight excluding hydrogens is 462 g/mol. The van der Waals surface area contributed by atoms with Crippen molar-refractivity contribution in [2.24, 2.45) is 0 Å². The molecule has 1 N–H and O–H groups in total. The van der Waals surface area contributed by atoms with Crippen molar-refractivity contribution in [1.82, 2.24) is 14.2 Å². The third-order valence-corrected chi connectivity index (χ3v) is 8.06. The zero-order chi connectivity index (χ0) is 24.8. The Morgan fingerprint density at radius 2 is 1.60 bits per heavy atom. The smallest absolute Gasteiger partial charge is 0.255 e. The fraction of sp³-hybridized carbons (Fsp3) is 0.308. The predicted octanol–water partition coefficient (Wildman–Crippen LogP) is 2.95. The van der Waals surface area contributed by atoms with Crippen LogP contribution in [-0.2, 0) is 16.4 Å². The predicted molar refractivity (Wildman–Crippen MR) is 138 cm³/mol. The molecule has 0 saturated carbocycles. The number of pyridine rings is 1. The highest BCUT2D eigenvalue weighted by Gasteiger charge is 2.21. The summed E-state index contributed by atoms with van der Waals surface area (Å²) in [7, 11) is -0.576. The Labute approximate surface area is 207 Å². The van der Waals surface area contributed by atoms with Crippen LogP contribution < -0.4 is 10.2 Å². The summed E-state index contributed by atoms with van der Waals surface area (Å²) in [6.07, 6.45) is 4.67. The zero-order valence-electron chi connectivity index (χ0n) is 20.1. The highest BCUT2D eigenvalue weighted by molar-refractivity contribution is 7.89. The van der Waals surface area contributed by atoms with E-state index < -0.39 is 10.0 Å². The molecular formula is C26H31N5O3S. The number of carbonyl (C=O) groups is 1. The highest BCUT2D eigenvalue weighted by atomic mass is 32.2. The van der Waals surface area contributed by atoms with Crippen molar-refractivity contribution in [3.05, 3.63) is 84.2 Å². The van der Waals surface area contributed by atoms with Crippen molar-refractivity contribution >= 4 is 27.3 Å². The number of nitrogens with one attached hydrogen (secondary N) is 1. The standard InChI is InChI=1S/C26H31N5O3S/c1-29(2)35(33,34)23-9-7-22(8-10-23)26(32)28-24-5-3-4-6-25(24)31-19-17-30(18-20-31)16-13-21-11-14-27-15-12-21/h3-12,14-15H,13,16-20H2,1-2H3,(H,28,32). The Morgan fingerprint density at radius 1 is 0.943 bits per heavy atom. The quantitative estimate of drug-likeness (QED) is 0.519. The largest absolute Gasteiger partial charge is 0.367 e. The van der Waals surface area contributed by atoms with Crippen LogP contribution in [0.15, 0.2) is 78.0 Å². The minimum absolute atomic E-state index is 0.154. The van der Waals surface area contributed by atoms with Crippen molar-refractivity contribution in [3.63, 3.8) is 0 Å². The van der Waals surface area contributed by atoms with Crippen LogP contribution in [0, 0.1) is 0 Å². The van der Waals surface area contributed by atoms with Gasteiger partial charge in [-0.2, -0.15) is 0 Å². The van der Waals surface area contributed by atoms with E-state index in [1.54, 1.807) is 0 Å². The van der Waals surface area contributed by atoms with Crippen LogP contribution in [0.3, 0.4) is 0 Å². The highest BCUT2D eigenvalue weighted by Crippen LogP contribution is 2.27. The van der Waals surface area contributed by atoms with Gasteiger partial charge in [0, 0.05) is 64.8 Å². The summed E-state index contributed by atoms with van der Waals surface area (Å²) >= 11 is 0. The summed E-state index contributed by atoms with van der Waals surface area (Å²) in [5.74, 6) is -0.276. The first kappa shape index (κ1) is 24.8. The number of hydrogen-bond acceptors (Lipinski definition) is 6. The van der Waals surface area contributed by atoms with E-state index in [1.165, 1.54) is 43.9 Å². The second kappa shape index (κ2) is 11.0. The van der Waals surface area contributed by atoms with Crippen LogP contribution in [-0.4, -0.2) is 75.3 Å². The molecule has 0 radical (unpaired) electrons. The lowest BCUT2D eigenvalue weighted by Crippen LogP contribution is -2.47. The van der Waals surface area contributed by atoms with E-state index in [2.05, 4.69) is 32.2 Å². The zero-order valence-corrected chi connectivity index (χ0v) is 20.9. The molecule has 0 bridgehead atoms. The fourth-order valence-electron chi connectivity index (χ4n) is 4.09. The summed E-state index contributed by atoms with van der Waals surface area (Å²) < 4.78 is 25.7. The van der Waals surface area contributed by atoms with Gasteiger partial charge in [0.25, 0.3) is 5.91 Å². The number of hydrogen-bond donors (Lipinski definition) is 1. The molecule has 2 heterocycles. The number of para-hydroxylation sites is 2. The van der Waals surface area contributed by atoms with Gasteiger partial charge >= 0.3 is 0 Å². The second-order valence-electron chi connectivity index (χ2n) is 8.72. The van der Waals surface area contributed by atoms with Gasteiger partial charge in [0.2, 0.25) is 10.0 Å². The Morgan fingerprint density at radius 3 is 2.26 bits per heavy atom. The summed E-state index contributed by atoms with van der Waals surface area (Å²) in [5.41, 5.74) is 3.43. The van der Waals surface area contributed by atoms with E-state index in [-0.39, 0.29) is 10.8 Å². The first-order valence-corrected chi connectivity index (χ1v) is 13.1. The number of sulfonamides is 1. The topological polar surface area (TPSA) is 85.8 Å². The molecule has 1 aliphatic rings. The maximum atomic E-state index is 12.9. The van der Waals surface area contributed by atoms with Crippen molar-refractivity contribution in [1.29, 1.82) is 0 Å². The van der Waals surface area contributed by atoms with Crippen LogP contribution in [0.5, 0.6) is 0 Å². The Bertz CT molecular complexity index is 1240. The van der Waals surface area contributed by atoms with Crippen LogP contribution in [0.1, 0.15) is 15.9 Å². The molecule has 1 aromatic heterocycles. The molecule has 184 valence electrons. The molecule has 8 nitrogen and oxygen atoms in total. The number of amides is 1. The molecule has 4 rings (SSSR count). The number of nitrogens with zero attached hydrogens (tertiary/aromatic N) is 4. The number of piperazine rings is 1. The molecule has 1 amide bonds. The number of carbonyl (C=O) groups excluding carboxylic acids is 1. The summed E-state index contributed by atoms with van der Waals surface area (Å²) in [4.78, 5) is 21.9. The number of anilines is 2. The summed E-state index contributed by atoms with van der Waals surface area (Å²) in [6.45, 7) is 4.67. The van der Waals surface area contributed by atoms with Gasteiger partial charge < -0.3 is 10.2 Å². The molecule has 9 heteroatoms. The molecule has 35 heavy (non-hydrogen) atoms. The molecule has 0 spiro atoms. The van der Waals surface area contributed by atoms with Crippen molar-refractivity contribution in [3.8, 4) is 0 Å². The van der Waals surface area contributed by atoms with Gasteiger partial charge in [-0.05, 0) is 60.5 Å². The lowest BCUT2D eigenvalue weighted by Gasteiger charge is -2.37. The second-order valence-corrected chi connectivity index (χ2v) is 10.9. The third kappa shape index (κ3) is 6.05. The van der Waals surface area contributed by atoms with Crippen molar-refractivity contribution < 1.29 is 13.2 Å². The van der Waals surface area contributed by atoms with Gasteiger partial charge in [0.1, 0.15) is 0 Å². The Kier molecular flexibility index (Phi) is 7.80. The minimum atomic E-state index is -3.54. The van der Waals surface area contributed by atoms with Crippen LogP contribution in [0.4, 0.5) is 11.4 Å². The van der Waals surface area contributed by atoms with E-state index >= 15 is 0 Å². The first-order valence-electron chi connectivity index (χ1n) is 11.6. The van der Waals surface area contributed by atoms with Gasteiger partial charge in [-0.3, -0.25) is 14.7 Å². The van der Waals surface area contributed by atoms with Crippen molar-refractivity contribution in [2.45, 2.75) is 11.3 Å². The summed E-state index contributed by atoms with van der Waals surface area (Å²) in [6, 6.07) is 17.9. The normalized spacial score (nSPS) is 14.8. The number of aromatic nitrogens is 1. The lowest BCUT2D eigenvalue weighted by molar-refractivity contribution is 0.102. The fourth-order valence-corrected chi connectivity index (χ4v) is 4.99. The van der Waals surface area contributed by atoms with Gasteiger partial charge in [0.05, 0.1) is 16.3 Å². The van der Waals surface area contributed by atoms with Gasteiger partial charge in [-0.15, -0.1) is 0 Å². The monoisotopic (exact) mass is 493 g/mol. The van der Waals surface area contributed by atoms with Crippen molar-refractivity contribution in [2.75, 3.05) is 57.0 Å². The Hall–Kier alpha value is -3.27. The maximum Gasteiger partial charge on any atom is 0.255 e. The van der Waals surface area contributed by atoms with Crippen LogP contribution in [0.25, 0.3) is 0 Å². The maximum absolute atomic E-state index is 12.9. The molecule has 0 aliphatic carbocycles. The average molecular weight is 494 g/mol. The molecule has 1 fully saturated rings. The molecule has 3 aromatic rings. The van der Waals surface area contributed by atoms with E-state index in [0.29, 0.717) is 5.56 Å². The SMILES string of the molecule is CN(C)S(=O)(=O)c1ccc(C(=O)Nc2ccccc2N2CCN(CCc3ccncc3)CC2)cc1. The molecule has 0 unspecified atom stereocenters. The van der Waals surface area contributed by atoms with Gasteiger partial charge in [-0.25, -0.2) is 12.7 Å². The van der Waals surface area contributed by atoms with Gasteiger partial charge in [-0.1, -0.05) is 12.1 Å². The summed E-state index contributed by atoms with van der Waals surface area (Å²) in [5, 5.41) is 3.00. The lowest BCUT2D eigenvalue weighted by atomic mass is 10.1.